The van der Waals surface area contributed by atoms with E-state index in [1.165, 1.54) is 24.9 Å². The highest BCUT2D eigenvalue weighted by Crippen LogP contribution is 2.24. The monoisotopic (exact) mass is 351 g/mol. The molecule has 1 amide bonds. The molecule has 1 aliphatic heterocycles. The van der Waals surface area contributed by atoms with Crippen molar-refractivity contribution in [1.29, 1.82) is 0 Å². The third kappa shape index (κ3) is 4.67. The Hall–Kier alpha value is -2.15. The lowest BCUT2D eigenvalue weighted by atomic mass is 10.2. The van der Waals surface area contributed by atoms with Crippen LogP contribution in [0.1, 0.15) is 5.56 Å². The van der Waals surface area contributed by atoms with E-state index in [2.05, 4.69) is 0 Å². The summed E-state index contributed by atoms with van der Waals surface area (Å²) >= 11 is 1.52. The summed E-state index contributed by atoms with van der Waals surface area (Å²) in [6.45, 7) is 0.977. The second-order valence-corrected chi connectivity index (χ2v) is 6.46. The molecule has 1 atom stereocenters. The number of benzene rings is 1. The highest BCUT2D eigenvalue weighted by Gasteiger charge is 2.28. The number of carbonyl (C=O) groups excluding carboxylic acids is 2. The van der Waals surface area contributed by atoms with Crippen LogP contribution in [0.3, 0.4) is 0 Å². The van der Waals surface area contributed by atoms with E-state index in [-0.39, 0.29) is 17.1 Å². The van der Waals surface area contributed by atoms with Crippen molar-refractivity contribution in [2.75, 3.05) is 40.2 Å². The van der Waals surface area contributed by atoms with E-state index in [9.17, 15) is 9.59 Å². The number of thioether (sulfide) groups is 1. The lowest BCUT2D eigenvalue weighted by molar-refractivity contribution is -0.140. The molecule has 0 radical (unpaired) electrons. The maximum atomic E-state index is 12.4. The zero-order valence-electron chi connectivity index (χ0n) is 14.0. The van der Waals surface area contributed by atoms with Crippen molar-refractivity contribution in [2.24, 2.45) is 0 Å². The molecule has 1 aromatic carbocycles. The van der Waals surface area contributed by atoms with Crippen LogP contribution in [0, 0.1) is 0 Å². The molecule has 1 fully saturated rings. The Morgan fingerprint density at radius 2 is 1.83 bits per heavy atom. The Balaban J connectivity index is 2.06. The smallest absolute Gasteiger partial charge is 0.320 e. The van der Waals surface area contributed by atoms with Crippen molar-refractivity contribution in [2.45, 2.75) is 5.25 Å². The van der Waals surface area contributed by atoms with Gasteiger partial charge < -0.3 is 19.1 Å². The van der Waals surface area contributed by atoms with Gasteiger partial charge in [0.05, 0.1) is 21.3 Å². The Bertz CT molecular complexity index is 609. The highest BCUT2D eigenvalue weighted by atomic mass is 32.2. The Morgan fingerprint density at radius 1 is 1.17 bits per heavy atom. The molecule has 130 valence electrons. The first-order valence-electron chi connectivity index (χ1n) is 7.47. The summed E-state index contributed by atoms with van der Waals surface area (Å²) in [6, 6.07) is 5.40. The van der Waals surface area contributed by atoms with Crippen LogP contribution in [0.5, 0.6) is 11.5 Å². The van der Waals surface area contributed by atoms with Crippen LogP contribution in [-0.2, 0) is 14.3 Å². The van der Waals surface area contributed by atoms with Gasteiger partial charge in [-0.25, -0.2) is 0 Å². The molecule has 0 bridgehead atoms. The summed E-state index contributed by atoms with van der Waals surface area (Å²) in [7, 11) is 4.51. The number of amides is 1. The molecule has 0 unspecified atom stereocenters. The first-order valence-corrected chi connectivity index (χ1v) is 8.51. The molecule has 1 aromatic rings. The lowest BCUT2D eigenvalue weighted by Crippen LogP contribution is -2.44. The Kier molecular flexibility index (Phi) is 6.54. The molecule has 1 saturated heterocycles. The van der Waals surface area contributed by atoms with Gasteiger partial charge >= 0.3 is 5.97 Å². The van der Waals surface area contributed by atoms with E-state index in [0.717, 1.165) is 5.56 Å². The number of hydrogen-bond donors (Lipinski definition) is 0. The van der Waals surface area contributed by atoms with Crippen molar-refractivity contribution in [3.8, 4) is 11.5 Å². The van der Waals surface area contributed by atoms with Crippen molar-refractivity contribution in [3.63, 3.8) is 0 Å². The van der Waals surface area contributed by atoms with Gasteiger partial charge in [-0.1, -0.05) is 0 Å². The van der Waals surface area contributed by atoms with Crippen LogP contribution in [0.25, 0.3) is 6.08 Å². The van der Waals surface area contributed by atoms with E-state index >= 15 is 0 Å². The van der Waals surface area contributed by atoms with Gasteiger partial charge in [0.2, 0.25) is 5.91 Å². The van der Waals surface area contributed by atoms with E-state index in [1.54, 1.807) is 31.3 Å². The fourth-order valence-electron chi connectivity index (χ4n) is 2.32. The molecule has 0 saturated carbocycles. The topological polar surface area (TPSA) is 65.1 Å². The van der Waals surface area contributed by atoms with Crippen LogP contribution in [0.15, 0.2) is 24.3 Å². The largest absolute Gasteiger partial charge is 0.497 e. The second kappa shape index (κ2) is 8.63. The van der Waals surface area contributed by atoms with Gasteiger partial charge in [0, 0.05) is 31.0 Å². The molecular weight excluding hydrogens is 330 g/mol. The number of rotatable bonds is 5. The predicted molar refractivity (Wildman–Crippen MR) is 93.4 cm³/mol. The number of nitrogens with zero attached hydrogens (tertiary/aromatic N) is 1. The molecule has 1 heterocycles. The zero-order valence-corrected chi connectivity index (χ0v) is 14.8. The van der Waals surface area contributed by atoms with Crippen molar-refractivity contribution in [1.82, 2.24) is 4.90 Å². The maximum absolute atomic E-state index is 12.4. The summed E-state index contributed by atoms with van der Waals surface area (Å²) < 4.78 is 15.2. The average molecular weight is 351 g/mol. The van der Waals surface area contributed by atoms with Crippen LogP contribution in [-0.4, -0.2) is 62.2 Å². The molecular formula is C17H21NO5S. The molecule has 7 heteroatoms. The minimum atomic E-state index is -0.321. The van der Waals surface area contributed by atoms with Crippen molar-refractivity contribution >= 4 is 29.7 Å². The zero-order chi connectivity index (χ0) is 17.5. The summed E-state index contributed by atoms with van der Waals surface area (Å²) in [5, 5.41) is -0.321. The molecule has 6 nitrogen and oxygen atoms in total. The third-order valence-electron chi connectivity index (χ3n) is 3.63. The van der Waals surface area contributed by atoms with Gasteiger partial charge in [0.15, 0.2) is 0 Å². The van der Waals surface area contributed by atoms with E-state index < -0.39 is 0 Å². The van der Waals surface area contributed by atoms with Crippen LogP contribution in [0.2, 0.25) is 0 Å². The Morgan fingerprint density at radius 3 is 2.42 bits per heavy atom. The van der Waals surface area contributed by atoms with Gasteiger partial charge in [-0.2, -0.15) is 0 Å². The number of esters is 1. The number of ether oxygens (including phenoxy) is 3. The summed E-state index contributed by atoms with van der Waals surface area (Å²) in [5.74, 6) is 1.60. The number of methoxy groups -OCH3 is 3. The number of hydrogen-bond acceptors (Lipinski definition) is 6. The maximum Gasteiger partial charge on any atom is 0.320 e. The third-order valence-corrected chi connectivity index (χ3v) is 4.80. The molecule has 0 aliphatic carbocycles. The normalized spacial score (nSPS) is 17.6. The first-order chi connectivity index (χ1) is 11.6. The first kappa shape index (κ1) is 18.2. The summed E-state index contributed by atoms with van der Waals surface area (Å²) in [4.78, 5) is 25.6. The lowest BCUT2D eigenvalue weighted by Gasteiger charge is -2.30. The minimum absolute atomic E-state index is 0.133. The van der Waals surface area contributed by atoms with Crippen LogP contribution < -0.4 is 9.47 Å². The molecule has 2 rings (SSSR count). The quantitative estimate of drug-likeness (QED) is 0.596. The van der Waals surface area contributed by atoms with Crippen LogP contribution in [0.4, 0.5) is 0 Å². The fourth-order valence-corrected chi connectivity index (χ4v) is 3.45. The van der Waals surface area contributed by atoms with Gasteiger partial charge in [-0.05, 0) is 23.8 Å². The number of carbonyl (C=O) groups is 2. The van der Waals surface area contributed by atoms with Gasteiger partial charge in [-0.3, -0.25) is 9.59 Å². The molecule has 1 aliphatic rings. The summed E-state index contributed by atoms with van der Waals surface area (Å²) in [5.41, 5.74) is 0.801. The van der Waals surface area contributed by atoms with Gasteiger partial charge in [0.25, 0.3) is 0 Å². The van der Waals surface area contributed by atoms with Gasteiger partial charge in [-0.15, -0.1) is 11.8 Å². The predicted octanol–water partition coefficient (Wildman–Crippen LogP) is 1.83. The van der Waals surface area contributed by atoms with Gasteiger partial charge in [0.1, 0.15) is 16.7 Å². The Labute approximate surface area is 145 Å². The van der Waals surface area contributed by atoms with Crippen molar-refractivity contribution < 1.29 is 23.8 Å². The fraction of sp³-hybridized carbons (Fsp3) is 0.412. The SMILES string of the molecule is COC(=O)[C@@H]1CN(C(=O)/C=C/c2cc(OC)cc(OC)c2)CCS1. The summed E-state index contributed by atoms with van der Waals surface area (Å²) in [6.07, 6.45) is 3.21. The highest BCUT2D eigenvalue weighted by molar-refractivity contribution is 8.00. The second-order valence-electron chi connectivity index (χ2n) is 5.15. The molecule has 0 N–H and O–H groups in total. The van der Waals surface area contributed by atoms with E-state index in [4.69, 9.17) is 14.2 Å². The molecule has 0 spiro atoms. The van der Waals surface area contributed by atoms with E-state index in [1.807, 2.05) is 12.1 Å². The minimum Gasteiger partial charge on any atom is -0.497 e. The average Bonchev–Trinajstić information content (AvgIpc) is 2.65. The van der Waals surface area contributed by atoms with Crippen molar-refractivity contribution in [3.05, 3.63) is 29.8 Å². The van der Waals surface area contributed by atoms with E-state index in [0.29, 0.717) is 30.3 Å². The standard InChI is InChI=1S/C17H21NO5S/c1-21-13-8-12(9-14(10-13)22-2)4-5-16(19)18-6-7-24-15(11-18)17(20)23-3/h4-5,8-10,15H,6-7,11H2,1-3H3/b5-4+/t15-/m0/s1. The van der Waals surface area contributed by atoms with Crippen LogP contribution >= 0.6 is 11.8 Å². The molecule has 0 aromatic heterocycles. The molecule has 24 heavy (non-hydrogen) atoms.